The Morgan fingerprint density at radius 2 is 2.00 bits per heavy atom. The second kappa shape index (κ2) is 2.87. The quantitative estimate of drug-likeness (QED) is 0.630. The molecule has 1 heterocycles. The number of hydrogen-bond donors (Lipinski definition) is 0. The van der Waals surface area contributed by atoms with Crippen LogP contribution < -0.4 is 0 Å². The maximum atomic E-state index is 12.6. The predicted molar refractivity (Wildman–Crippen MR) is 52.5 cm³/mol. The van der Waals surface area contributed by atoms with Crippen LogP contribution in [0, 0.1) is 13.8 Å². The summed E-state index contributed by atoms with van der Waals surface area (Å²) < 4.78 is 14.3. The van der Waals surface area contributed by atoms with Gasteiger partial charge in [0.15, 0.2) is 6.80 Å². The van der Waals surface area contributed by atoms with Crippen molar-refractivity contribution in [1.29, 1.82) is 0 Å². The fraction of sp³-hybridized carbons (Fsp3) is 0.273. The SMILES string of the molecule is Cc1ccc2cc(C)n(CF)c2c1. The molecule has 0 aliphatic heterocycles. The second-order valence-electron chi connectivity index (χ2n) is 3.40. The van der Waals surface area contributed by atoms with E-state index in [1.165, 1.54) is 5.56 Å². The first kappa shape index (κ1) is 8.30. The van der Waals surface area contributed by atoms with Gasteiger partial charge in [-0.2, -0.15) is 0 Å². The van der Waals surface area contributed by atoms with Crippen LogP contribution in [0.1, 0.15) is 11.3 Å². The number of alkyl halides is 1. The van der Waals surface area contributed by atoms with Gasteiger partial charge in [-0.3, -0.25) is 0 Å². The molecule has 13 heavy (non-hydrogen) atoms. The molecule has 0 spiro atoms. The van der Waals surface area contributed by atoms with Gasteiger partial charge in [-0.25, -0.2) is 4.39 Å². The predicted octanol–water partition coefficient (Wildman–Crippen LogP) is 3.19. The number of aromatic nitrogens is 1. The van der Waals surface area contributed by atoms with E-state index in [9.17, 15) is 4.39 Å². The maximum absolute atomic E-state index is 12.6. The number of rotatable bonds is 1. The van der Waals surface area contributed by atoms with Crippen LogP contribution in [0.4, 0.5) is 4.39 Å². The van der Waals surface area contributed by atoms with Crippen LogP contribution in [0.2, 0.25) is 0 Å². The summed E-state index contributed by atoms with van der Waals surface area (Å²) >= 11 is 0. The summed E-state index contributed by atoms with van der Waals surface area (Å²) in [7, 11) is 0. The van der Waals surface area contributed by atoms with Gasteiger partial charge >= 0.3 is 0 Å². The van der Waals surface area contributed by atoms with Crippen molar-refractivity contribution in [3.05, 3.63) is 35.5 Å². The van der Waals surface area contributed by atoms with Crippen LogP contribution in [0.5, 0.6) is 0 Å². The molecule has 0 saturated carbocycles. The van der Waals surface area contributed by atoms with Crippen molar-refractivity contribution in [2.45, 2.75) is 20.6 Å². The minimum absolute atomic E-state index is 0.446. The van der Waals surface area contributed by atoms with E-state index in [0.29, 0.717) is 0 Å². The number of fused-ring (bicyclic) bond motifs is 1. The van der Waals surface area contributed by atoms with Gasteiger partial charge in [0, 0.05) is 5.69 Å². The highest BCUT2D eigenvalue weighted by molar-refractivity contribution is 5.81. The molecular weight excluding hydrogens is 165 g/mol. The maximum Gasteiger partial charge on any atom is 0.165 e. The number of aryl methyl sites for hydroxylation is 2. The van der Waals surface area contributed by atoms with Crippen LogP contribution in [0.3, 0.4) is 0 Å². The second-order valence-corrected chi connectivity index (χ2v) is 3.40. The van der Waals surface area contributed by atoms with Crippen LogP contribution in [-0.4, -0.2) is 4.57 Å². The van der Waals surface area contributed by atoms with E-state index in [-0.39, 0.29) is 0 Å². The molecule has 0 unspecified atom stereocenters. The fourth-order valence-corrected chi connectivity index (χ4v) is 1.66. The van der Waals surface area contributed by atoms with Crippen LogP contribution >= 0.6 is 0 Å². The van der Waals surface area contributed by atoms with Crippen molar-refractivity contribution in [1.82, 2.24) is 4.57 Å². The van der Waals surface area contributed by atoms with Gasteiger partial charge in [0.2, 0.25) is 0 Å². The summed E-state index contributed by atoms with van der Waals surface area (Å²) in [6, 6.07) is 8.10. The molecule has 0 N–H and O–H groups in total. The third-order valence-electron chi connectivity index (χ3n) is 2.39. The van der Waals surface area contributed by atoms with Gasteiger partial charge in [-0.05, 0) is 36.9 Å². The molecule has 1 aromatic carbocycles. The fourth-order valence-electron chi connectivity index (χ4n) is 1.66. The number of nitrogens with zero attached hydrogens (tertiary/aromatic N) is 1. The molecular formula is C11H12FN. The number of halogens is 1. The molecule has 0 aliphatic carbocycles. The molecule has 2 heteroatoms. The van der Waals surface area contributed by atoms with E-state index in [1.54, 1.807) is 4.57 Å². The lowest BCUT2D eigenvalue weighted by molar-refractivity contribution is 0.381. The zero-order valence-electron chi connectivity index (χ0n) is 7.84. The lowest BCUT2D eigenvalue weighted by Gasteiger charge is -2.01. The van der Waals surface area contributed by atoms with Crippen LogP contribution in [0.15, 0.2) is 24.3 Å². The Hall–Kier alpha value is -1.31. The molecule has 0 amide bonds. The van der Waals surface area contributed by atoms with E-state index in [4.69, 9.17) is 0 Å². The Bertz CT molecular complexity index is 443. The molecule has 2 aromatic rings. The molecule has 1 aromatic heterocycles. The summed E-state index contributed by atoms with van der Waals surface area (Å²) in [6.45, 7) is 3.50. The minimum atomic E-state index is -0.446. The van der Waals surface area contributed by atoms with E-state index in [1.807, 2.05) is 38.1 Å². The van der Waals surface area contributed by atoms with E-state index >= 15 is 0 Å². The highest BCUT2D eigenvalue weighted by Crippen LogP contribution is 2.20. The lowest BCUT2D eigenvalue weighted by atomic mass is 10.2. The first-order valence-corrected chi connectivity index (χ1v) is 4.35. The molecule has 0 aliphatic rings. The molecule has 68 valence electrons. The minimum Gasteiger partial charge on any atom is -0.317 e. The Labute approximate surface area is 76.8 Å². The lowest BCUT2D eigenvalue weighted by Crippen LogP contribution is -1.94. The molecule has 0 bridgehead atoms. The Morgan fingerprint density at radius 1 is 1.23 bits per heavy atom. The Balaban J connectivity index is 2.80. The van der Waals surface area contributed by atoms with Crippen molar-refractivity contribution in [2.24, 2.45) is 0 Å². The topological polar surface area (TPSA) is 4.93 Å². The normalized spacial score (nSPS) is 11.0. The third-order valence-corrected chi connectivity index (χ3v) is 2.39. The summed E-state index contributed by atoms with van der Waals surface area (Å²) in [5, 5.41) is 1.11. The van der Waals surface area contributed by atoms with Gasteiger partial charge in [-0.15, -0.1) is 0 Å². The average molecular weight is 177 g/mol. The molecule has 0 atom stereocenters. The smallest absolute Gasteiger partial charge is 0.165 e. The van der Waals surface area contributed by atoms with Crippen molar-refractivity contribution in [2.75, 3.05) is 0 Å². The molecule has 1 nitrogen and oxygen atoms in total. The zero-order chi connectivity index (χ0) is 9.42. The number of benzene rings is 1. The van der Waals surface area contributed by atoms with E-state index in [2.05, 4.69) is 0 Å². The monoisotopic (exact) mass is 177 g/mol. The summed E-state index contributed by atoms with van der Waals surface area (Å²) in [6.07, 6.45) is 0. The van der Waals surface area contributed by atoms with Crippen molar-refractivity contribution in [3.63, 3.8) is 0 Å². The largest absolute Gasteiger partial charge is 0.317 e. The number of hydrogen-bond acceptors (Lipinski definition) is 0. The summed E-state index contributed by atoms with van der Waals surface area (Å²) in [5.41, 5.74) is 3.13. The standard InChI is InChI=1S/C11H12FN/c1-8-3-4-10-6-9(2)13(7-12)11(10)5-8/h3-6H,7H2,1-2H3. The Morgan fingerprint density at radius 3 is 2.69 bits per heavy atom. The van der Waals surface area contributed by atoms with Crippen molar-refractivity contribution < 1.29 is 4.39 Å². The Kier molecular flexibility index (Phi) is 1.83. The van der Waals surface area contributed by atoms with E-state index < -0.39 is 6.80 Å². The third kappa shape index (κ3) is 1.22. The zero-order valence-corrected chi connectivity index (χ0v) is 7.84. The van der Waals surface area contributed by atoms with Gasteiger partial charge in [0.25, 0.3) is 0 Å². The van der Waals surface area contributed by atoms with E-state index in [0.717, 1.165) is 16.6 Å². The highest BCUT2D eigenvalue weighted by Gasteiger charge is 2.04. The molecule has 0 fully saturated rings. The van der Waals surface area contributed by atoms with Crippen molar-refractivity contribution >= 4 is 10.9 Å². The first-order chi connectivity index (χ1) is 6.22. The highest BCUT2D eigenvalue weighted by atomic mass is 19.1. The van der Waals surface area contributed by atoms with Crippen LogP contribution in [0.25, 0.3) is 10.9 Å². The van der Waals surface area contributed by atoms with Gasteiger partial charge in [-0.1, -0.05) is 12.1 Å². The average Bonchev–Trinajstić information content (AvgIpc) is 2.40. The van der Waals surface area contributed by atoms with Crippen molar-refractivity contribution in [3.8, 4) is 0 Å². The van der Waals surface area contributed by atoms with Gasteiger partial charge in [0.1, 0.15) is 0 Å². The molecule has 0 saturated heterocycles. The first-order valence-electron chi connectivity index (χ1n) is 4.35. The summed E-state index contributed by atoms with van der Waals surface area (Å²) in [4.78, 5) is 0. The molecule has 2 rings (SSSR count). The van der Waals surface area contributed by atoms with Gasteiger partial charge in [0.05, 0.1) is 5.52 Å². The molecule has 0 radical (unpaired) electrons. The van der Waals surface area contributed by atoms with Crippen LogP contribution in [-0.2, 0) is 6.80 Å². The summed E-state index contributed by atoms with van der Waals surface area (Å²) in [5.74, 6) is 0. The van der Waals surface area contributed by atoms with Gasteiger partial charge < -0.3 is 4.57 Å².